The van der Waals surface area contributed by atoms with Gasteiger partial charge in [0.1, 0.15) is 0 Å². The van der Waals surface area contributed by atoms with Gasteiger partial charge in [0, 0.05) is 8.80 Å². The first-order valence-corrected chi connectivity index (χ1v) is 5.89. The highest BCUT2D eigenvalue weighted by molar-refractivity contribution is 6.59. The Morgan fingerprint density at radius 1 is 1.25 bits per heavy atom. The van der Waals surface area contributed by atoms with E-state index in [4.69, 9.17) is 0 Å². The van der Waals surface area contributed by atoms with Gasteiger partial charge < -0.3 is 0 Å². The molecule has 0 nitrogen and oxygen atoms in total. The lowest BCUT2D eigenvalue weighted by atomic mass is 10.4. The maximum Gasteiger partial charge on any atom is 0.0479 e. The third kappa shape index (κ3) is 1.62. The summed E-state index contributed by atoms with van der Waals surface area (Å²) < 4.78 is 0. The predicted octanol–water partition coefficient (Wildman–Crippen LogP) is 2.69. The lowest BCUT2D eigenvalue weighted by Crippen LogP contribution is -2.02. The van der Waals surface area contributed by atoms with Gasteiger partial charge >= 0.3 is 0 Å². The summed E-state index contributed by atoms with van der Waals surface area (Å²) in [6, 6.07) is 4.84. The Balaban J connectivity index is 2.06. The molecule has 1 aliphatic rings. The summed E-state index contributed by atoms with van der Waals surface area (Å²) >= 11 is 0. The van der Waals surface area contributed by atoms with E-state index in [2.05, 4.69) is 6.92 Å². The van der Waals surface area contributed by atoms with Crippen molar-refractivity contribution in [1.29, 1.82) is 0 Å². The number of hydrogen-bond acceptors (Lipinski definition) is 0. The third-order valence-electron chi connectivity index (χ3n) is 1.91. The molecule has 1 rings (SSSR count). The minimum Gasteiger partial charge on any atom is -0.0657 e. The fourth-order valence-electron chi connectivity index (χ4n) is 1.48. The van der Waals surface area contributed by atoms with Crippen molar-refractivity contribution in [3.63, 3.8) is 0 Å². The van der Waals surface area contributed by atoms with Gasteiger partial charge in [0.05, 0.1) is 0 Å². The topological polar surface area (TPSA) is 0 Å². The van der Waals surface area contributed by atoms with Crippen LogP contribution in [0.25, 0.3) is 0 Å². The summed E-state index contributed by atoms with van der Waals surface area (Å²) in [5.41, 5.74) is 0. The van der Waals surface area contributed by atoms with E-state index in [-0.39, 0.29) is 8.80 Å². The maximum atomic E-state index is 2.32. The highest BCUT2D eigenvalue weighted by Crippen LogP contribution is 2.22. The first-order chi connectivity index (χ1) is 3.93. The van der Waals surface area contributed by atoms with Crippen molar-refractivity contribution in [2.24, 2.45) is 0 Å². The van der Waals surface area contributed by atoms with Gasteiger partial charge in [0.25, 0.3) is 0 Å². The molecule has 0 saturated carbocycles. The molecule has 0 N–H and O–H groups in total. The van der Waals surface area contributed by atoms with Crippen molar-refractivity contribution in [3.05, 3.63) is 0 Å². The van der Waals surface area contributed by atoms with Gasteiger partial charge in [-0.1, -0.05) is 44.3 Å². The Morgan fingerprint density at radius 2 is 1.88 bits per heavy atom. The molecule has 1 radical (unpaired) electrons. The lowest BCUT2D eigenvalue weighted by Gasteiger charge is -2.00. The van der Waals surface area contributed by atoms with Crippen LogP contribution >= 0.6 is 0 Å². The minimum absolute atomic E-state index is 0.237. The molecule has 0 aromatic rings. The molecule has 0 aliphatic carbocycles. The fourth-order valence-corrected chi connectivity index (χ4v) is 4.44. The molecule has 0 spiro atoms. The Morgan fingerprint density at radius 3 is 2.38 bits per heavy atom. The maximum absolute atomic E-state index is 2.32. The smallest absolute Gasteiger partial charge is 0.0479 e. The van der Waals surface area contributed by atoms with E-state index in [9.17, 15) is 0 Å². The second-order valence-electron chi connectivity index (χ2n) is 2.71. The van der Waals surface area contributed by atoms with E-state index >= 15 is 0 Å². The van der Waals surface area contributed by atoms with Gasteiger partial charge in [0.2, 0.25) is 0 Å². The van der Waals surface area contributed by atoms with Crippen molar-refractivity contribution in [2.45, 2.75) is 44.3 Å². The van der Waals surface area contributed by atoms with Gasteiger partial charge in [-0.05, 0) is 0 Å². The first kappa shape index (κ1) is 6.34. The zero-order chi connectivity index (χ0) is 5.82. The molecular weight excluding hydrogens is 112 g/mol. The van der Waals surface area contributed by atoms with Crippen LogP contribution in [0.1, 0.15) is 26.2 Å². The summed E-state index contributed by atoms with van der Waals surface area (Å²) in [4.78, 5) is 0. The summed E-state index contributed by atoms with van der Waals surface area (Å²) in [6.07, 6.45) is 4.54. The molecule has 0 amide bonds. The highest BCUT2D eigenvalue weighted by Gasteiger charge is 2.14. The number of hydrogen-bond donors (Lipinski definition) is 0. The van der Waals surface area contributed by atoms with E-state index < -0.39 is 0 Å². The van der Waals surface area contributed by atoms with Crippen LogP contribution in [0.2, 0.25) is 18.1 Å². The molecule has 1 heteroatoms. The molecule has 1 heterocycles. The van der Waals surface area contributed by atoms with Gasteiger partial charge in [-0.25, -0.2) is 0 Å². The second-order valence-corrected chi connectivity index (χ2v) is 5.71. The molecule has 0 bridgehead atoms. The van der Waals surface area contributed by atoms with Crippen molar-refractivity contribution in [1.82, 2.24) is 0 Å². The first-order valence-electron chi connectivity index (χ1n) is 3.77. The molecule has 1 fully saturated rings. The molecule has 47 valence electrons. The minimum atomic E-state index is 0.237. The molecule has 1 aliphatic heterocycles. The highest BCUT2D eigenvalue weighted by atomic mass is 28.3. The molecule has 0 unspecified atom stereocenters. The summed E-state index contributed by atoms with van der Waals surface area (Å²) in [5, 5.41) is 0. The van der Waals surface area contributed by atoms with Crippen LogP contribution in [0, 0.1) is 0 Å². The van der Waals surface area contributed by atoms with E-state index in [1.807, 2.05) is 0 Å². The van der Waals surface area contributed by atoms with Crippen molar-refractivity contribution < 1.29 is 0 Å². The SMILES string of the molecule is CCC[Si]1CCCC1. The fraction of sp³-hybridized carbons (Fsp3) is 1.00. The van der Waals surface area contributed by atoms with Crippen molar-refractivity contribution in [2.75, 3.05) is 0 Å². The van der Waals surface area contributed by atoms with Crippen LogP contribution < -0.4 is 0 Å². The standard InChI is InChI=1S/C7H15Si/c1-2-5-8-6-3-4-7-8/h2-7H2,1H3. The van der Waals surface area contributed by atoms with Crippen molar-refractivity contribution in [3.8, 4) is 0 Å². The average Bonchev–Trinajstić information content (AvgIpc) is 2.19. The predicted molar refractivity (Wildman–Crippen MR) is 39.7 cm³/mol. The Hall–Kier alpha value is 0.217. The molecule has 8 heavy (non-hydrogen) atoms. The van der Waals surface area contributed by atoms with Crippen molar-refractivity contribution >= 4 is 8.80 Å². The van der Waals surface area contributed by atoms with Gasteiger partial charge in [-0.15, -0.1) is 0 Å². The largest absolute Gasteiger partial charge is 0.0657 e. The van der Waals surface area contributed by atoms with Crippen LogP contribution in [0.5, 0.6) is 0 Å². The third-order valence-corrected chi connectivity index (χ3v) is 5.24. The van der Waals surface area contributed by atoms with Crippen LogP contribution in [0.15, 0.2) is 0 Å². The summed E-state index contributed by atoms with van der Waals surface area (Å²) in [6.45, 7) is 2.32. The lowest BCUT2D eigenvalue weighted by molar-refractivity contribution is 0.935. The van der Waals surface area contributed by atoms with E-state index in [0.29, 0.717) is 0 Å². The Labute approximate surface area is 53.9 Å². The van der Waals surface area contributed by atoms with Gasteiger partial charge in [0.15, 0.2) is 0 Å². The summed E-state index contributed by atoms with van der Waals surface area (Å²) in [7, 11) is 0.237. The van der Waals surface area contributed by atoms with Crippen LogP contribution in [0.4, 0.5) is 0 Å². The number of rotatable bonds is 2. The molecule has 0 aromatic carbocycles. The molecule has 0 aromatic heterocycles. The second kappa shape index (κ2) is 3.28. The molecular formula is C7H15Si. The monoisotopic (exact) mass is 127 g/mol. The normalized spacial score (nSPS) is 22.1. The zero-order valence-electron chi connectivity index (χ0n) is 5.74. The summed E-state index contributed by atoms with van der Waals surface area (Å²) in [5.74, 6) is 0. The van der Waals surface area contributed by atoms with Crippen LogP contribution in [0.3, 0.4) is 0 Å². The Bertz CT molecular complexity index is 55.4. The zero-order valence-corrected chi connectivity index (χ0v) is 6.74. The Kier molecular flexibility index (Phi) is 2.60. The van der Waals surface area contributed by atoms with Gasteiger partial charge in [-0.3, -0.25) is 0 Å². The van der Waals surface area contributed by atoms with E-state index in [1.165, 1.54) is 6.42 Å². The van der Waals surface area contributed by atoms with E-state index in [0.717, 1.165) is 0 Å². The quantitative estimate of drug-likeness (QED) is 0.500. The van der Waals surface area contributed by atoms with Crippen LogP contribution in [-0.4, -0.2) is 8.80 Å². The molecule has 0 atom stereocenters. The van der Waals surface area contributed by atoms with E-state index in [1.54, 1.807) is 31.0 Å². The molecule has 1 saturated heterocycles. The average molecular weight is 127 g/mol. The van der Waals surface area contributed by atoms with Crippen LogP contribution in [-0.2, 0) is 0 Å². The van der Waals surface area contributed by atoms with Gasteiger partial charge in [-0.2, -0.15) is 0 Å².